The van der Waals surface area contributed by atoms with Crippen LogP contribution in [0.5, 0.6) is 0 Å². The van der Waals surface area contributed by atoms with Gasteiger partial charge in [-0.15, -0.1) is 11.6 Å². The molecule has 0 saturated carbocycles. The molecular weight excluding hydrogens is 182 g/mol. The number of halogens is 1. The van der Waals surface area contributed by atoms with Gasteiger partial charge in [-0.3, -0.25) is 0 Å². The lowest BCUT2D eigenvalue weighted by Crippen LogP contribution is -2.35. The molecule has 0 bridgehead atoms. The third-order valence-corrected chi connectivity index (χ3v) is 2.80. The summed E-state index contributed by atoms with van der Waals surface area (Å²) >= 11 is 5.68. The summed E-state index contributed by atoms with van der Waals surface area (Å²) in [6.07, 6.45) is 3.53. The second kappa shape index (κ2) is 6.67. The molecule has 0 saturated heterocycles. The molecule has 0 spiro atoms. The minimum atomic E-state index is 0.387. The van der Waals surface area contributed by atoms with Crippen LogP contribution in [0.1, 0.15) is 47.0 Å². The maximum absolute atomic E-state index is 5.68. The zero-order valence-electron chi connectivity index (χ0n) is 9.49. The van der Waals surface area contributed by atoms with Crippen molar-refractivity contribution in [1.29, 1.82) is 0 Å². The maximum atomic E-state index is 5.68. The summed E-state index contributed by atoms with van der Waals surface area (Å²) in [5.41, 5.74) is 0.387. The minimum absolute atomic E-state index is 0.387. The summed E-state index contributed by atoms with van der Waals surface area (Å²) in [6, 6.07) is 0.635. The molecule has 80 valence electrons. The third-order valence-electron chi connectivity index (χ3n) is 2.53. The van der Waals surface area contributed by atoms with Crippen LogP contribution >= 0.6 is 11.6 Å². The van der Waals surface area contributed by atoms with Gasteiger partial charge >= 0.3 is 0 Å². The zero-order valence-corrected chi connectivity index (χ0v) is 10.2. The lowest BCUT2D eigenvalue weighted by atomic mass is 9.88. The predicted molar refractivity (Wildman–Crippen MR) is 61.5 cm³/mol. The molecule has 0 aromatic carbocycles. The summed E-state index contributed by atoms with van der Waals surface area (Å²) in [7, 11) is 0. The largest absolute Gasteiger partial charge is 0.314 e. The fraction of sp³-hybridized carbons (Fsp3) is 1.00. The monoisotopic (exact) mass is 205 g/mol. The molecule has 1 unspecified atom stereocenters. The highest BCUT2D eigenvalue weighted by Gasteiger charge is 2.17. The predicted octanol–water partition coefficient (Wildman–Crippen LogP) is 3.42. The van der Waals surface area contributed by atoms with Crippen molar-refractivity contribution in [2.24, 2.45) is 5.41 Å². The molecule has 13 heavy (non-hydrogen) atoms. The van der Waals surface area contributed by atoms with E-state index in [1.54, 1.807) is 0 Å². The second-order valence-corrected chi connectivity index (χ2v) is 5.02. The first kappa shape index (κ1) is 13.2. The van der Waals surface area contributed by atoms with Crippen LogP contribution in [-0.2, 0) is 0 Å². The molecule has 0 heterocycles. The number of alkyl halides is 1. The van der Waals surface area contributed by atoms with Crippen LogP contribution in [0, 0.1) is 5.41 Å². The molecule has 0 amide bonds. The minimum Gasteiger partial charge on any atom is -0.314 e. The Bertz CT molecular complexity index is 123. The average molecular weight is 206 g/mol. The number of hydrogen-bond acceptors (Lipinski definition) is 1. The van der Waals surface area contributed by atoms with Gasteiger partial charge in [-0.2, -0.15) is 0 Å². The van der Waals surface area contributed by atoms with Gasteiger partial charge in [0.05, 0.1) is 0 Å². The van der Waals surface area contributed by atoms with Crippen LogP contribution in [0.25, 0.3) is 0 Å². The van der Waals surface area contributed by atoms with Gasteiger partial charge in [0.15, 0.2) is 0 Å². The van der Waals surface area contributed by atoms with Gasteiger partial charge in [-0.25, -0.2) is 0 Å². The second-order valence-electron chi connectivity index (χ2n) is 4.65. The number of hydrogen-bond donors (Lipinski definition) is 1. The van der Waals surface area contributed by atoms with Gasteiger partial charge in [-0.05, 0) is 31.6 Å². The summed E-state index contributed by atoms with van der Waals surface area (Å²) < 4.78 is 0. The SMILES string of the molecule is CCC(C)NCC(C)(C)CCCCl. The van der Waals surface area contributed by atoms with Crippen LogP contribution in [0.15, 0.2) is 0 Å². The van der Waals surface area contributed by atoms with E-state index in [1.807, 2.05) is 0 Å². The molecule has 0 aromatic heterocycles. The Balaban J connectivity index is 3.61. The highest BCUT2D eigenvalue weighted by molar-refractivity contribution is 6.17. The molecule has 0 fully saturated rings. The van der Waals surface area contributed by atoms with E-state index in [-0.39, 0.29) is 0 Å². The van der Waals surface area contributed by atoms with Crippen molar-refractivity contribution in [2.45, 2.75) is 53.0 Å². The fourth-order valence-electron chi connectivity index (χ4n) is 1.23. The lowest BCUT2D eigenvalue weighted by Gasteiger charge is -2.26. The molecular formula is C11H24ClN. The number of nitrogens with one attached hydrogen (secondary N) is 1. The Hall–Kier alpha value is 0.250. The Morgan fingerprint density at radius 1 is 1.38 bits per heavy atom. The summed E-state index contributed by atoms with van der Waals surface area (Å²) in [5, 5.41) is 3.54. The molecule has 2 heteroatoms. The molecule has 0 rings (SSSR count). The van der Waals surface area contributed by atoms with E-state index < -0.39 is 0 Å². The first-order chi connectivity index (χ1) is 6.02. The first-order valence-electron chi connectivity index (χ1n) is 5.31. The Morgan fingerprint density at radius 3 is 2.46 bits per heavy atom. The van der Waals surface area contributed by atoms with E-state index in [2.05, 4.69) is 33.0 Å². The van der Waals surface area contributed by atoms with Gasteiger partial charge in [0.25, 0.3) is 0 Å². The van der Waals surface area contributed by atoms with E-state index in [4.69, 9.17) is 11.6 Å². The van der Waals surface area contributed by atoms with E-state index in [0.29, 0.717) is 11.5 Å². The van der Waals surface area contributed by atoms with Crippen molar-refractivity contribution >= 4 is 11.6 Å². The summed E-state index contributed by atoms with van der Waals surface area (Å²) in [6.45, 7) is 10.1. The Morgan fingerprint density at radius 2 is 2.00 bits per heavy atom. The van der Waals surface area contributed by atoms with Crippen molar-refractivity contribution in [3.05, 3.63) is 0 Å². The van der Waals surface area contributed by atoms with Crippen LogP contribution < -0.4 is 5.32 Å². The van der Waals surface area contributed by atoms with Gasteiger partial charge in [0.2, 0.25) is 0 Å². The molecule has 0 aliphatic rings. The van der Waals surface area contributed by atoms with Crippen molar-refractivity contribution in [3.8, 4) is 0 Å². The van der Waals surface area contributed by atoms with Crippen LogP contribution in [0.3, 0.4) is 0 Å². The van der Waals surface area contributed by atoms with E-state index in [0.717, 1.165) is 18.8 Å². The van der Waals surface area contributed by atoms with Gasteiger partial charge < -0.3 is 5.32 Å². The maximum Gasteiger partial charge on any atom is 0.0223 e. The summed E-state index contributed by atoms with van der Waals surface area (Å²) in [4.78, 5) is 0. The zero-order chi connectivity index (χ0) is 10.3. The van der Waals surface area contributed by atoms with Crippen molar-refractivity contribution in [3.63, 3.8) is 0 Å². The van der Waals surface area contributed by atoms with E-state index in [9.17, 15) is 0 Å². The van der Waals surface area contributed by atoms with Crippen LogP contribution in [0.4, 0.5) is 0 Å². The van der Waals surface area contributed by atoms with Gasteiger partial charge in [-0.1, -0.05) is 20.8 Å². The Labute approximate surface area is 88.2 Å². The highest BCUT2D eigenvalue weighted by Crippen LogP contribution is 2.21. The smallest absolute Gasteiger partial charge is 0.0223 e. The van der Waals surface area contributed by atoms with E-state index >= 15 is 0 Å². The molecule has 0 aromatic rings. The molecule has 0 radical (unpaired) electrons. The third kappa shape index (κ3) is 7.33. The summed E-state index contributed by atoms with van der Waals surface area (Å²) in [5.74, 6) is 0.784. The fourth-order valence-corrected chi connectivity index (χ4v) is 1.36. The standard InChI is InChI=1S/C11H24ClN/c1-5-10(2)13-9-11(3,4)7-6-8-12/h10,13H,5-9H2,1-4H3. The normalized spacial score (nSPS) is 14.5. The lowest BCUT2D eigenvalue weighted by molar-refractivity contribution is 0.296. The van der Waals surface area contributed by atoms with Crippen LogP contribution in [-0.4, -0.2) is 18.5 Å². The average Bonchev–Trinajstić information content (AvgIpc) is 2.11. The first-order valence-corrected chi connectivity index (χ1v) is 5.84. The number of rotatable bonds is 7. The highest BCUT2D eigenvalue weighted by atomic mass is 35.5. The van der Waals surface area contributed by atoms with Crippen LogP contribution in [0.2, 0.25) is 0 Å². The molecule has 0 aliphatic heterocycles. The van der Waals surface area contributed by atoms with E-state index in [1.165, 1.54) is 12.8 Å². The molecule has 1 atom stereocenters. The van der Waals surface area contributed by atoms with Gasteiger partial charge in [0.1, 0.15) is 0 Å². The topological polar surface area (TPSA) is 12.0 Å². The van der Waals surface area contributed by atoms with Crippen molar-refractivity contribution in [1.82, 2.24) is 5.32 Å². The van der Waals surface area contributed by atoms with Crippen molar-refractivity contribution in [2.75, 3.05) is 12.4 Å². The Kier molecular flexibility index (Phi) is 6.79. The van der Waals surface area contributed by atoms with Crippen molar-refractivity contribution < 1.29 is 0 Å². The quantitative estimate of drug-likeness (QED) is 0.629. The molecule has 1 N–H and O–H groups in total. The molecule has 1 nitrogen and oxygen atoms in total. The molecule has 0 aliphatic carbocycles. The van der Waals surface area contributed by atoms with Gasteiger partial charge in [0, 0.05) is 18.5 Å².